The lowest BCUT2D eigenvalue weighted by molar-refractivity contribution is 0.424. The summed E-state index contributed by atoms with van der Waals surface area (Å²) in [6.07, 6.45) is 1.57. The van der Waals surface area contributed by atoms with Crippen LogP contribution >= 0.6 is 11.8 Å². The van der Waals surface area contributed by atoms with Crippen molar-refractivity contribution in [3.63, 3.8) is 0 Å². The molecular formula is C11H14N4OS. The number of anilines is 1. The zero-order chi connectivity index (χ0) is 12.3. The number of thioether (sulfide) groups is 1. The van der Waals surface area contributed by atoms with Gasteiger partial charge in [0, 0.05) is 0 Å². The van der Waals surface area contributed by atoms with Crippen LogP contribution in [-0.2, 0) is 5.75 Å². The minimum atomic E-state index is 0.435. The SMILES string of the molecule is CC(C)SCc1noc(-c2ccc(N)cn2)n1. The first kappa shape index (κ1) is 11.9. The Morgan fingerprint density at radius 2 is 2.24 bits per heavy atom. The van der Waals surface area contributed by atoms with Crippen molar-refractivity contribution in [1.82, 2.24) is 15.1 Å². The molecule has 17 heavy (non-hydrogen) atoms. The summed E-state index contributed by atoms with van der Waals surface area (Å²) in [4.78, 5) is 8.41. The summed E-state index contributed by atoms with van der Waals surface area (Å²) in [6.45, 7) is 4.26. The molecule has 2 rings (SSSR count). The summed E-state index contributed by atoms with van der Waals surface area (Å²) in [5, 5.41) is 4.46. The zero-order valence-electron chi connectivity index (χ0n) is 9.75. The average molecular weight is 250 g/mol. The van der Waals surface area contributed by atoms with Crippen LogP contribution in [0.15, 0.2) is 22.9 Å². The number of nitrogen functional groups attached to an aromatic ring is 1. The highest BCUT2D eigenvalue weighted by Gasteiger charge is 2.10. The van der Waals surface area contributed by atoms with E-state index in [9.17, 15) is 0 Å². The molecule has 0 bridgehead atoms. The van der Waals surface area contributed by atoms with Gasteiger partial charge < -0.3 is 10.3 Å². The Bertz CT molecular complexity index is 480. The van der Waals surface area contributed by atoms with Crippen LogP contribution in [0, 0.1) is 0 Å². The maximum atomic E-state index is 5.56. The quantitative estimate of drug-likeness (QED) is 0.897. The van der Waals surface area contributed by atoms with Crippen molar-refractivity contribution in [3.05, 3.63) is 24.2 Å². The summed E-state index contributed by atoms with van der Waals surface area (Å²) in [5.74, 6) is 1.87. The Morgan fingerprint density at radius 1 is 1.41 bits per heavy atom. The van der Waals surface area contributed by atoms with Gasteiger partial charge in [-0.25, -0.2) is 4.98 Å². The van der Waals surface area contributed by atoms with E-state index in [2.05, 4.69) is 29.0 Å². The summed E-state index contributed by atoms with van der Waals surface area (Å²) in [7, 11) is 0. The van der Waals surface area contributed by atoms with E-state index in [1.807, 2.05) is 0 Å². The second kappa shape index (κ2) is 5.18. The molecule has 2 heterocycles. The first-order chi connectivity index (χ1) is 8.15. The lowest BCUT2D eigenvalue weighted by Gasteiger charge is -1.99. The summed E-state index contributed by atoms with van der Waals surface area (Å²) in [6, 6.07) is 3.53. The van der Waals surface area contributed by atoms with Crippen LogP contribution in [-0.4, -0.2) is 20.4 Å². The lowest BCUT2D eigenvalue weighted by atomic mass is 10.3. The highest BCUT2D eigenvalue weighted by atomic mass is 32.2. The van der Waals surface area contributed by atoms with E-state index in [4.69, 9.17) is 10.3 Å². The van der Waals surface area contributed by atoms with E-state index >= 15 is 0 Å². The van der Waals surface area contributed by atoms with E-state index in [0.717, 1.165) is 5.75 Å². The molecule has 0 atom stereocenters. The average Bonchev–Trinajstić information content (AvgIpc) is 2.76. The topological polar surface area (TPSA) is 77.8 Å². The van der Waals surface area contributed by atoms with Gasteiger partial charge in [-0.1, -0.05) is 19.0 Å². The number of nitrogens with two attached hydrogens (primary N) is 1. The van der Waals surface area contributed by atoms with Crippen LogP contribution in [0.1, 0.15) is 19.7 Å². The second-order valence-corrected chi connectivity index (χ2v) is 5.42. The standard InChI is InChI=1S/C11H14N4OS/c1-7(2)17-6-10-14-11(16-15-10)9-4-3-8(12)5-13-9/h3-5,7H,6,12H2,1-2H3. The molecule has 90 valence electrons. The van der Waals surface area contributed by atoms with Gasteiger partial charge in [-0.2, -0.15) is 16.7 Å². The third kappa shape index (κ3) is 3.20. The highest BCUT2D eigenvalue weighted by Crippen LogP contribution is 2.19. The Kier molecular flexibility index (Phi) is 3.63. The van der Waals surface area contributed by atoms with Crippen molar-refractivity contribution >= 4 is 17.4 Å². The maximum absolute atomic E-state index is 5.56. The van der Waals surface area contributed by atoms with Crippen molar-refractivity contribution < 1.29 is 4.52 Å². The molecule has 0 saturated heterocycles. The Hall–Kier alpha value is -1.56. The van der Waals surface area contributed by atoms with Crippen molar-refractivity contribution in [3.8, 4) is 11.6 Å². The molecule has 0 amide bonds. The molecular weight excluding hydrogens is 236 g/mol. The summed E-state index contributed by atoms with van der Waals surface area (Å²) in [5.41, 5.74) is 6.82. The number of nitrogens with zero attached hydrogens (tertiary/aromatic N) is 3. The fraction of sp³-hybridized carbons (Fsp3) is 0.364. The second-order valence-electron chi connectivity index (χ2n) is 3.85. The van der Waals surface area contributed by atoms with Gasteiger partial charge >= 0.3 is 0 Å². The third-order valence-corrected chi connectivity index (χ3v) is 3.11. The van der Waals surface area contributed by atoms with Crippen molar-refractivity contribution in [1.29, 1.82) is 0 Å². The van der Waals surface area contributed by atoms with Gasteiger partial charge in [-0.05, 0) is 17.4 Å². The molecule has 0 spiro atoms. The van der Waals surface area contributed by atoms with Crippen LogP contribution < -0.4 is 5.73 Å². The van der Waals surface area contributed by atoms with Crippen LogP contribution in [0.4, 0.5) is 5.69 Å². The van der Waals surface area contributed by atoms with E-state index in [0.29, 0.717) is 28.3 Å². The van der Waals surface area contributed by atoms with Crippen molar-refractivity contribution in [2.24, 2.45) is 0 Å². The normalized spacial score (nSPS) is 11.0. The lowest BCUT2D eigenvalue weighted by Crippen LogP contribution is -1.91. The molecule has 0 radical (unpaired) electrons. The number of hydrogen-bond acceptors (Lipinski definition) is 6. The first-order valence-electron chi connectivity index (χ1n) is 5.31. The van der Waals surface area contributed by atoms with Gasteiger partial charge in [0.25, 0.3) is 5.89 Å². The van der Waals surface area contributed by atoms with Gasteiger partial charge in [0.2, 0.25) is 0 Å². The highest BCUT2D eigenvalue weighted by molar-refractivity contribution is 7.99. The summed E-state index contributed by atoms with van der Waals surface area (Å²) < 4.78 is 5.15. The predicted molar refractivity (Wildman–Crippen MR) is 68.4 cm³/mol. The van der Waals surface area contributed by atoms with E-state index in [1.165, 1.54) is 0 Å². The smallest absolute Gasteiger partial charge is 0.276 e. The van der Waals surface area contributed by atoms with Gasteiger partial charge in [0.15, 0.2) is 5.82 Å². The minimum absolute atomic E-state index is 0.435. The molecule has 0 aromatic carbocycles. The van der Waals surface area contributed by atoms with Crippen LogP contribution in [0.3, 0.4) is 0 Å². The maximum Gasteiger partial charge on any atom is 0.276 e. The number of hydrogen-bond donors (Lipinski definition) is 1. The van der Waals surface area contributed by atoms with Crippen molar-refractivity contribution in [2.75, 3.05) is 5.73 Å². The molecule has 2 N–H and O–H groups in total. The molecule has 0 saturated carbocycles. The molecule has 0 aliphatic carbocycles. The van der Waals surface area contributed by atoms with Gasteiger partial charge in [0.1, 0.15) is 5.69 Å². The van der Waals surface area contributed by atoms with Crippen LogP contribution in [0.2, 0.25) is 0 Å². The monoisotopic (exact) mass is 250 g/mol. The van der Waals surface area contributed by atoms with Crippen LogP contribution in [0.25, 0.3) is 11.6 Å². The number of pyridine rings is 1. The fourth-order valence-corrected chi connectivity index (χ4v) is 1.79. The molecule has 5 nitrogen and oxygen atoms in total. The number of rotatable bonds is 4. The summed E-state index contributed by atoms with van der Waals surface area (Å²) >= 11 is 1.77. The zero-order valence-corrected chi connectivity index (χ0v) is 10.6. The third-order valence-electron chi connectivity index (χ3n) is 2.02. The van der Waals surface area contributed by atoms with Gasteiger partial charge in [-0.3, -0.25) is 0 Å². The molecule has 2 aromatic heterocycles. The number of aromatic nitrogens is 3. The molecule has 0 aliphatic rings. The van der Waals surface area contributed by atoms with Gasteiger partial charge in [0.05, 0.1) is 17.6 Å². The molecule has 6 heteroatoms. The molecule has 0 fully saturated rings. The van der Waals surface area contributed by atoms with Gasteiger partial charge in [-0.15, -0.1) is 0 Å². The van der Waals surface area contributed by atoms with Crippen molar-refractivity contribution in [2.45, 2.75) is 24.9 Å². The largest absolute Gasteiger partial charge is 0.397 e. The Balaban J connectivity index is 2.10. The first-order valence-corrected chi connectivity index (χ1v) is 6.36. The Labute approximate surface area is 104 Å². The van der Waals surface area contributed by atoms with E-state index in [1.54, 1.807) is 30.1 Å². The fourth-order valence-electron chi connectivity index (χ4n) is 1.19. The molecule has 0 aliphatic heterocycles. The van der Waals surface area contributed by atoms with E-state index in [-0.39, 0.29) is 0 Å². The minimum Gasteiger partial charge on any atom is -0.397 e. The van der Waals surface area contributed by atoms with E-state index < -0.39 is 0 Å². The Morgan fingerprint density at radius 3 is 2.88 bits per heavy atom. The molecule has 0 unspecified atom stereocenters. The molecule has 2 aromatic rings. The van der Waals surface area contributed by atoms with Crippen LogP contribution in [0.5, 0.6) is 0 Å². The predicted octanol–water partition coefficient (Wildman–Crippen LogP) is 2.36.